The lowest BCUT2D eigenvalue weighted by molar-refractivity contribution is 0.102. The van der Waals surface area contributed by atoms with Gasteiger partial charge in [-0.05, 0) is 18.2 Å². The SMILES string of the molecule is O=C(Nc1ccn2ccnc2c1)c1cccnc1. The van der Waals surface area contributed by atoms with E-state index in [1.54, 1.807) is 24.5 Å². The number of nitrogens with zero attached hydrogens (tertiary/aromatic N) is 3. The lowest BCUT2D eigenvalue weighted by Crippen LogP contribution is -2.12. The van der Waals surface area contributed by atoms with Gasteiger partial charge in [-0.15, -0.1) is 0 Å². The van der Waals surface area contributed by atoms with Crippen LogP contribution in [0, 0.1) is 0 Å². The predicted molar refractivity (Wildman–Crippen MR) is 67.4 cm³/mol. The van der Waals surface area contributed by atoms with Crippen LogP contribution in [0.5, 0.6) is 0 Å². The largest absolute Gasteiger partial charge is 0.322 e. The van der Waals surface area contributed by atoms with Crippen molar-refractivity contribution in [3.8, 4) is 0 Å². The van der Waals surface area contributed by atoms with E-state index in [1.165, 1.54) is 6.20 Å². The summed E-state index contributed by atoms with van der Waals surface area (Å²) in [5.74, 6) is -0.181. The Morgan fingerprint density at radius 2 is 2.17 bits per heavy atom. The smallest absolute Gasteiger partial charge is 0.257 e. The topological polar surface area (TPSA) is 59.3 Å². The van der Waals surface area contributed by atoms with Crippen LogP contribution < -0.4 is 5.32 Å². The standard InChI is InChI=1S/C13H10N4O/c18-13(10-2-1-4-14-9-10)16-11-3-6-17-7-5-15-12(17)8-11/h1-9H,(H,16,18). The Morgan fingerprint density at radius 3 is 3.00 bits per heavy atom. The molecule has 5 nitrogen and oxygen atoms in total. The Balaban J connectivity index is 1.86. The number of carbonyl (C=O) groups is 1. The Labute approximate surface area is 103 Å². The summed E-state index contributed by atoms with van der Waals surface area (Å²) in [6, 6.07) is 7.08. The molecule has 1 N–H and O–H groups in total. The van der Waals surface area contributed by atoms with Crippen molar-refractivity contribution in [2.24, 2.45) is 0 Å². The summed E-state index contributed by atoms with van der Waals surface area (Å²) in [5.41, 5.74) is 2.03. The van der Waals surface area contributed by atoms with Crippen LogP contribution in [0.2, 0.25) is 0 Å². The summed E-state index contributed by atoms with van der Waals surface area (Å²) in [5, 5.41) is 2.81. The zero-order valence-corrected chi connectivity index (χ0v) is 9.45. The maximum atomic E-state index is 11.9. The average molecular weight is 238 g/mol. The Bertz CT molecular complexity index is 690. The molecule has 0 aliphatic rings. The molecule has 18 heavy (non-hydrogen) atoms. The van der Waals surface area contributed by atoms with Gasteiger partial charge in [0.1, 0.15) is 5.65 Å². The Morgan fingerprint density at radius 1 is 1.22 bits per heavy atom. The molecule has 3 heterocycles. The van der Waals surface area contributed by atoms with E-state index in [1.807, 2.05) is 28.9 Å². The van der Waals surface area contributed by atoms with Gasteiger partial charge in [-0.25, -0.2) is 4.98 Å². The van der Waals surface area contributed by atoms with E-state index in [0.29, 0.717) is 11.3 Å². The van der Waals surface area contributed by atoms with E-state index < -0.39 is 0 Å². The number of fused-ring (bicyclic) bond motifs is 1. The molecular formula is C13H10N4O. The van der Waals surface area contributed by atoms with Crippen molar-refractivity contribution in [3.63, 3.8) is 0 Å². The number of imidazole rings is 1. The van der Waals surface area contributed by atoms with Gasteiger partial charge in [-0.1, -0.05) is 0 Å². The Kier molecular flexibility index (Phi) is 2.49. The van der Waals surface area contributed by atoms with Gasteiger partial charge in [0.15, 0.2) is 0 Å². The molecule has 0 aromatic carbocycles. The molecule has 3 rings (SSSR count). The molecule has 0 aliphatic heterocycles. The maximum Gasteiger partial charge on any atom is 0.257 e. The fraction of sp³-hybridized carbons (Fsp3) is 0. The number of hydrogen-bond acceptors (Lipinski definition) is 3. The van der Waals surface area contributed by atoms with Crippen molar-refractivity contribution in [2.45, 2.75) is 0 Å². The van der Waals surface area contributed by atoms with E-state index in [9.17, 15) is 4.79 Å². The van der Waals surface area contributed by atoms with Crippen molar-refractivity contribution in [1.82, 2.24) is 14.4 Å². The van der Waals surface area contributed by atoms with Gasteiger partial charge in [-0.2, -0.15) is 0 Å². The molecule has 1 amide bonds. The van der Waals surface area contributed by atoms with E-state index in [-0.39, 0.29) is 5.91 Å². The van der Waals surface area contributed by atoms with Crippen LogP contribution in [-0.2, 0) is 0 Å². The summed E-state index contributed by atoms with van der Waals surface area (Å²) in [4.78, 5) is 20.0. The minimum absolute atomic E-state index is 0.181. The molecule has 88 valence electrons. The van der Waals surface area contributed by atoms with Crippen molar-refractivity contribution in [2.75, 3.05) is 5.32 Å². The first-order valence-electron chi connectivity index (χ1n) is 5.47. The van der Waals surface area contributed by atoms with Gasteiger partial charge < -0.3 is 9.72 Å². The van der Waals surface area contributed by atoms with Crippen LogP contribution in [-0.4, -0.2) is 20.3 Å². The molecule has 0 aliphatic carbocycles. The first-order chi connectivity index (χ1) is 8.83. The number of pyridine rings is 2. The summed E-state index contributed by atoms with van der Waals surface area (Å²) >= 11 is 0. The monoisotopic (exact) mass is 238 g/mol. The van der Waals surface area contributed by atoms with Gasteiger partial charge in [0.05, 0.1) is 5.56 Å². The third kappa shape index (κ3) is 1.93. The second kappa shape index (κ2) is 4.29. The number of amides is 1. The molecule has 5 heteroatoms. The van der Waals surface area contributed by atoms with Gasteiger partial charge in [-0.3, -0.25) is 9.78 Å². The highest BCUT2D eigenvalue weighted by molar-refractivity contribution is 6.04. The second-order valence-corrected chi connectivity index (χ2v) is 3.80. The lowest BCUT2D eigenvalue weighted by Gasteiger charge is -2.05. The minimum Gasteiger partial charge on any atom is -0.322 e. The van der Waals surface area contributed by atoms with Gasteiger partial charge in [0.25, 0.3) is 5.91 Å². The van der Waals surface area contributed by atoms with E-state index in [2.05, 4.69) is 15.3 Å². The van der Waals surface area contributed by atoms with Crippen LogP contribution >= 0.6 is 0 Å². The molecule has 0 fully saturated rings. The number of rotatable bonds is 2. The normalized spacial score (nSPS) is 10.4. The molecule has 0 saturated heterocycles. The van der Waals surface area contributed by atoms with Crippen molar-refractivity contribution in [1.29, 1.82) is 0 Å². The first-order valence-corrected chi connectivity index (χ1v) is 5.47. The van der Waals surface area contributed by atoms with Crippen LogP contribution in [0.4, 0.5) is 5.69 Å². The molecule has 3 aromatic rings. The number of anilines is 1. The zero-order chi connectivity index (χ0) is 12.4. The summed E-state index contributed by atoms with van der Waals surface area (Å²) in [6.45, 7) is 0. The highest BCUT2D eigenvalue weighted by Gasteiger charge is 2.06. The van der Waals surface area contributed by atoms with E-state index >= 15 is 0 Å². The molecule has 3 aromatic heterocycles. The highest BCUT2D eigenvalue weighted by Crippen LogP contribution is 2.11. The molecule has 0 atom stereocenters. The summed E-state index contributed by atoms with van der Waals surface area (Å²) in [7, 11) is 0. The number of aromatic nitrogens is 3. The third-order valence-electron chi connectivity index (χ3n) is 2.58. The predicted octanol–water partition coefficient (Wildman–Crippen LogP) is 1.98. The third-order valence-corrected chi connectivity index (χ3v) is 2.58. The van der Waals surface area contributed by atoms with Gasteiger partial charge in [0.2, 0.25) is 0 Å². The highest BCUT2D eigenvalue weighted by atomic mass is 16.1. The number of nitrogens with one attached hydrogen (secondary N) is 1. The van der Waals surface area contributed by atoms with Gasteiger partial charge in [0, 0.05) is 42.7 Å². The zero-order valence-electron chi connectivity index (χ0n) is 9.45. The van der Waals surface area contributed by atoms with Crippen molar-refractivity contribution in [3.05, 3.63) is 60.8 Å². The minimum atomic E-state index is -0.181. The molecule has 0 unspecified atom stereocenters. The molecule has 0 spiro atoms. The maximum absolute atomic E-state index is 11.9. The van der Waals surface area contributed by atoms with Crippen LogP contribution in [0.3, 0.4) is 0 Å². The van der Waals surface area contributed by atoms with Crippen LogP contribution in [0.25, 0.3) is 5.65 Å². The second-order valence-electron chi connectivity index (χ2n) is 3.80. The van der Waals surface area contributed by atoms with Crippen LogP contribution in [0.1, 0.15) is 10.4 Å². The Hall–Kier alpha value is -2.69. The molecular weight excluding hydrogens is 228 g/mol. The van der Waals surface area contributed by atoms with E-state index in [0.717, 1.165) is 5.65 Å². The number of carbonyl (C=O) groups excluding carboxylic acids is 1. The summed E-state index contributed by atoms with van der Waals surface area (Å²) in [6.07, 6.45) is 8.57. The van der Waals surface area contributed by atoms with E-state index in [4.69, 9.17) is 0 Å². The quantitative estimate of drug-likeness (QED) is 0.742. The summed E-state index contributed by atoms with van der Waals surface area (Å²) < 4.78 is 1.87. The van der Waals surface area contributed by atoms with Gasteiger partial charge >= 0.3 is 0 Å². The number of hydrogen-bond donors (Lipinski definition) is 1. The first kappa shape index (κ1) is 10.5. The molecule has 0 bridgehead atoms. The average Bonchev–Trinajstić information content (AvgIpc) is 2.87. The molecule has 0 radical (unpaired) electrons. The lowest BCUT2D eigenvalue weighted by atomic mass is 10.2. The van der Waals surface area contributed by atoms with Crippen molar-refractivity contribution >= 4 is 17.2 Å². The van der Waals surface area contributed by atoms with Crippen LogP contribution in [0.15, 0.2) is 55.2 Å². The van der Waals surface area contributed by atoms with Crippen molar-refractivity contribution < 1.29 is 4.79 Å². The molecule has 0 saturated carbocycles. The fourth-order valence-corrected chi connectivity index (χ4v) is 1.69. The fourth-order valence-electron chi connectivity index (χ4n) is 1.69.